The number of fused-ring (bicyclic) bond motifs is 2. The summed E-state index contributed by atoms with van der Waals surface area (Å²) in [6, 6.07) is 1.95. The number of anilines is 1. The third-order valence-corrected chi connectivity index (χ3v) is 6.11. The van der Waals surface area contributed by atoms with Gasteiger partial charge in [0, 0.05) is 44.4 Å². The summed E-state index contributed by atoms with van der Waals surface area (Å²) >= 11 is 0. The molecule has 0 atom stereocenters. The van der Waals surface area contributed by atoms with Crippen molar-refractivity contribution < 1.29 is 4.74 Å². The van der Waals surface area contributed by atoms with E-state index in [4.69, 9.17) is 4.74 Å². The van der Waals surface area contributed by atoms with E-state index >= 15 is 0 Å². The second-order valence-electron chi connectivity index (χ2n) is 8.19. The fraction of sp³-hybridized carbons (Fsp3) is 0.550. The number of ether oxygens (including phenoxy) is 1. The molecule has 30 heavy (non-hydrogen) atoms. The van der Waals surface area contributed by atoms with E-state index in [1.165, 1.54) is 4.57 Å². The van der Waals surface area contributed by atoms with Crippen molar-refractivity contribution in [3.8, 4) is 0 Å². The van der Waals surface area contributed by atoms with Crippen LogP contribution >= 0.6 is 0 Å². The first-order chi connectivity index (χ1) is 14.5. The van der Waals surface area contributed by atoms with Crippen molar-refractivity contribution in [2.24, 2.45) is 14.1 Å². The lowest BCUT2D eigenvalue weighted by Gasteiger charge is -2.30. The maximum atomic E-state index is 12.6. The molecule has 0 aromatic carbocycles. The standard InChI is InChI=1S/C20H25N7O3/c1-25-10-15-18(24-25)22-20(26(2)19(15)29)21-13-3-5-14(6-4-13)27-17(28)9-12-11-30-8-7-16(12)23-27/h9-10,13-14H,3-8,11H2,1-2H3,(H,21,22,24). The minimum absolute atomic E-state index is 0.0553. The van der Waals surface area contributed by atoms with Crippen LogP contribution in [0, 0.1) is 0 Å². The van der Waals surface area contributed by atoms with Gasteiger partial charge in [-0.2, -0.15) is 15.2 Å². The van der Waals surface area contributed by atoms with Crippen LogP contribution in [0.3, 0.4) is 0 Å². The summed E-state index contributed by atoms with van der Waals surface area (Å²) in [4.78, 5) is 29.6. The molecule has 1 aliphatic heterocycles. The molecule has 1 fully saturated rings. The van der Waals surface area contributed by atoms with Crippen LogP contribution in [0.5, 0.6) is 0 Å². The Kier molecular flexibility index (Phi) is 4.65. The summed E-state index contributed by atoms with van der Waals surface area (Å²) in [5, 5.41) is 12.8. The molecule has 0 spiro atoms. The van der Waals surface area contributed by atoms with Crippen molar-refractivity contribution in [1.82, 2.24) is 29.1 Å². The molecule has 4 heterocycles. The lowest BCUT2D eigenvalue weighted by atomic mass is 9.91. The minimum atomic E-state index is -0.113. The third-order valence-electron chi connectivity index (χ3n) is 6.11. The zero-order chi connectivity index (χ0) is 20.8. The Balaban J connectivity index is 1.31. The van der Waals surface area contributed by atoms with Crippen molar-refractivity contribution in [2.45, 2.75) is 50.8 Å². The molecule has 1 saturated carbocycles. The van der Waals surface area contributed by atoms with Gasteiger partial charge in [0.25, 0.3) is 11.1 Å². The van der Waals surface area contributed by atoms with Gasteiger partial charge < -0.3 is 10.1 Å². The minimum Gasteiger partial charge on any atom is -0.376 e. The SMILES string of the molecule is Cn1cc2c(=O)n(C)c(NC3CCC(n4nc5c(cc4=O)COCC5)CC3)nc2n1. The van der Waals surface area contributed by atoms with Crippen LogP contribution < -0.4 is 16.4 Å². The molecule has 5 rings (SSSR count). The molecule has 3 aromatic heterocycles. The Labute approximate surface area is 172 Å². The maximum absolute atomic E-state index is 12.6. The smallest absolute Gasteiger partial charge is 0.267 e. The highest BCUT2D eigenvalue weighted by Crippen LogP contribution is 2.29. The van der Waals surface area contributed by atoms with Gasteiger partial charge in [0.05, 0.1) is 24.9 Å². The fourth-order valence-electron chi connectivity index (χ4n) is 4.43. The van der Waals surface area contributed by atoms with Gasteiger partial charge in [0.15, 0.2) is 5.65 Å². The van der Waals surface area contributed by atoms with Crippen LogP contribution in [0.2, 0.25) is 0 Å². The molecule has 10 heteroatoms. The molecule has 1 aliphatic carbocycles. The lowest BCUT2D eigenvalue weighted by Crippen LogP contribution is -2.36. The Morgan fingerprint density at radius 1 is 1.13 bits per heavy atom. The van der Waals surface area contributed by atoms with Crippen LogP contribution in [0.1, 0.15) is 43.0 Å². The molecule has 0 saturated heterocycles. The van der Waals surface area contributed by atoms with Gasteiger partial charge in [-0.3, -0.25) is 18.8 Å². The number of rotatable bonds is 3. The van der Waals surface area contributed by atoms with E-state index in [0.29, 0.717) is 30.2 Å². The number of nitrogens with one attached hydrogen (secondary N) is 1. The number of nitrogens with zero attached hydrogens (tertiary/aromatic N) is 6. The van der Waals surface area contributed by atoms with E-state index in [1.54, 1.807) is 35.7 Å². The average Bonchev–Trinajstić information content (AvgIpc) is 3.12. The first-order valence-electron chi connectivity index (χ1n) is 10.4. The van der Waals surface area contributed by atoms with Gasteiger partial charge in [-0.25, -0.2) is 4.68 Å². The second kappa shape index (κ2) is 7.35. The van der Waals surface area contributed by atoms with Gasteiger partial charge in [-0.05, 0) is 25.7 Å². The van der Waals surface area contributed by atoms with Crippen LogP contribution in [-0.4, -0.2) is 41.8 Å². The van der Waals surface area contributed by atoms with Gasteiger partial charge in [0.2, 0.25) is 5.95 Å². The van der Waals surface area contributed by atoms with E-state index in [0.717, 1.165) is 43.4 Å². The fourth-order valence-corrected chi connectivity index (χ4v) is 4.43. The predicted octanol–water partition coefficient (Wildman–Crippen LogP) is 0.892. The molecule has 1 N–H and O–H groups in total. The second-order valence-corrected chi connectivity index (χ2v) is 8.19. The molecular formula is C20H25N7O3. The van der Waals surface area contributed by atoms with Crippen molar-refractivity contribution in [2.75, 3.05) is 11.9 Å². The van der Waals surface area contributed by atoms with Gasteiger partial charge in [-0.15, -0.1) is 0 Å². The van der Waals surface area contributed by atoms with E-state index in [9.17, 15) is 9.59 Å². The van der Waals surface area contributed by atoms with Gasteiger partial charge in [-0.1, -0.05) is 0 Å². The Morgan fingerprint density at radius 2 is 1.93 bits per heavy atom. The van der Waals surface area contributed by atoms with E-state index in [-0.39, 0.29) is 23.2 Å². The van der Waals surface area contributed by atoms with Crippen LogP contribution in [0.4, 0.5) is 5.95 Å². The van der Waals surface area contributed by atoms with E-state index < -0.39 is 0 Å². The summed E-state index contributed by atoms with van der Waals surface area (Å²) in [6.07, 6.45) is 5.88. The first-order valence-corrected chi connectivity index (χ1v) is 10.4. The molecule has 2 aliphatic rings. The van der Waals surface area contributed by atoms with Crippen molar-refractivity contribution in [3.05, 3.63) is 44.2 Å². The highest BCUT2D eigenvalue weighted by molar-refractivity contribution is 5.74. The number of hydrogen-bond donors (Lipinski definition) is 1. The number of hydrogen-bond acceptors (Lipinski definition) is 7. The highest BCUT2D eigenvalue weighted by atomic mass is 16.5. The van der Waals surface area contributed by atoms with Crippen LogP contribution in [0.25, 0.3) is 11.0 Å². The summed E-state index contributed by atoms with van der Waals surface area (Å²) in [6.45, 7) is 1.13. The topological polar surface area (TPSA) is 109 Å². The summed E-state index contributed by atoms with van der Waals surface area (Å²) in [5.41, 5.74) is 2.17. The average molecular weight is 411 g/mol. The maximum Gasteiger partial charge on any atom is 0.267 e. The van der Waals surface area contributed by atoms with E-state index in [2.05, 4.69) is 20.5 Å². The molecule has 0 bridgehead atoms. The molecular weight excluding hydrogens is 386 g/mol. The molecule has 158 valence electrons. The third kappa shape index (κ3) is 3.30. The molecule has 10 nitrogen and oxygen atoms in total. The Morgan fingerprint density at radius 3 is 2.73 bits per heavy atom. The lowest BCUT2D eigenvalue weighted by molar-refractivity contribution is 0.107. The van der Waals surface area contributed by atoms with Crippen molar-refractivity contribution >= 4 is 17.0 Å². The van der Waals surface area contributed by atoms with Crippen LogP contribution in [0.15, 0.2) is 21.9 Å². The quantitative estimate of drug-likeness (QED) is 0.682. The Hall–Kier alpha value is -3.01. The zero-order valence-corrected chi connectivity index (χ0v) is 17.2. The Bertz CT molecular complexity index is 1220. The molecule has 0 unspecified atom stereocenters. The summed E-state index contributed by atoms with van der Waals surface area (Å²) in [5.74, 6) is 0.527. The number of aromatic nitrogens is 6. The van der Waals surface area contributed by atoms with Crippen LogP contribution in [-0.2, 0) is 31.9 Å². The number of aryl methyl sites for hydroxylation is 1. The predicted molar refractivity (Wildman–Crippen MR) is 111 cm³/mol. The highest BCUT2D eigenvalue weighted by Gasteiger charge is 2.26. The molecule has 3 aromatic rings. The monoisotopic (exact) mass is 411 g/mol. The largest absolute Gasteiger partial charge is 0.376 e. The summed E-state index contributed by atoms with van der Waals surface area (Å²) in [7, 11) is 3.50. The van der Waals surface area contributed by atoms with Crippen molar-refractivity contribution in [3.63, 3.8) is 0 Å². The van der Waals surface area contributed by atoms with E-state index in [1.807, 2.05) is 0 Å². The zero-order valence-electron chi connectivity index (χ0n) is 17.2. The van der Waals surface area contributed by atoms with Crippen molar-refractivity contribution in [1.29, 1.82) is 0 Å². The van der Waals surface area contributed by atoms with Gasteiger partial charge >= 0.3 is 0 Å². The molecule has 0 radical (unpaired) electrons. The normalized spacial score (nSPS) is 21.5. The summed E-state index contributed by atoms with van der Waals surface area (Å²) < 4.78 is 10.2. The first kappa shape index (κ1) is 19.0. The molecule has 0 amide bonds. The van der Waals surface area contributed by atoms with Gasteiger partial charge in [0.1, 0.15) is 5.39 Å².